The Morgan fingerprint density at radius 3 is 2.17 bits per heavy atom. The summed E-state index contributed by atoms with van der Waals surface area (Å²) in [6, 6.07) is 1.98. The SMILES string of the molecule is CCCNc1cc(NCCN(C)C)nc(CC)n1. The predicted octanol–water partition coefficient (Wildman–Crippen LogP) is 1.83. The van der Waals surface area contributed by atoms with Crippen molar-refractivity contribution in [2.75, 3.05) is 44.4 Å². The molecule has 5 heteroatoms. The van der Waals surface area contributed by atoms with E-state index in [0.717, 1.165) is 49.9 Å². The van der Waals surface area contributed by atoms with Gasteiger partial charge in [0.15, 0.2) is 0 Å². The Morgan fingerprint density at radius 2 is 1.67 bits per heavy atom. The number of aromatic nitrogens is 2. The highest BCUT2D eigenvalue weighted by Gasteiger charge is 2.02. The second kappa shape index (κ2) is 7.87. The van der Waals surface area contributed by atoms with Crippen LogP contribution in [-0.4, -0.2) is 48.6 Å². The lowest BCUT2D eigenvalue weighted by atomic mass is 10.4. The number of rotatable bonds is 8. The summed E-state index contributed by atoms with van der Waals surface area (Å²) in [5.74, 6) is 2.70. The van der Waals surface area contributed by atoms with Crippen molar-refractivity contribution in [1.82, 2.24) is 14.9 Å². The maximum Gasteiger partial charge on any atom is 0.132 e. The average Bonchev–Trinajstić information content (AvgIpc) is 2.35. The average molecular weight is 251 g/mol. The first-order chi connectivity index (χ1) is 8.65. The van der Waals surface area contributed by atoms with Gasteiger partial charge in [0.25, 0.3) is 0 Å². The van der Waals surface area contributed by atoms with Crippen LogP contribution in [0, 0.1) is 0 Å². The normalized spacial score (nSPS) is 10.7. The van der Waals surface area contributed by atoms with Gasteiger partial charge in [0.1, 0.15) is 17.5 Å². The monoisotopic (exact) mass is 251 g/mol. The van der Waals surface area contributed by atoms with Crippen LogP contribution in [0.5, 0.6) is 0 Å². The van der Waals surface area contributed by atoms with Crippen LogP contribution >= 0.6 is 0 Å². The van der Waals surface area contributed by atoms with Gasteiger partial charge in [-0.2, -0.15) is 0 Å². The van der Waals surface area contributed by atoms with Crippen LogP contribution in [0.4, 0.5) is 11.6 Å². The van der Waals surface area contributed by atoms with E-state index in [0.29, 0.717) is 0 Å². The highest BCUT2D eigenvalue weighted by Crippen LogP contribution is 2.11. The summed E-state index contributed by atoms with van der Waals surface area (Å²) in [6.45, 7) is 7.04. The van der Waals surface area contributed by atoms with E-state index < -0.39 is 0 Å². The van der Waals surface area contributed by atoms with Crippen LogP contribution in [0.3, 0.4) is 0 Å². The van der Waals surface area contributed by atoms with E-state index in [2.05, 4.69) is 53.4 Å². The van der Waals surface area contributed by atoms with E-state index in [1.165, 1.54) is 0 Å². The van der Waals surface area contributed by atoms with E-state index in [-0.39, 0.29) is 0 Å². The van der Waals surface area contributed by atoms with Crippen LogP contribution in [-0.2, 0) is 6.42 Å². The molecule has 0 aliphatic carbocycles. The Labute approximate surface area is 110 Å². The van der Waals surface area contributed by atoms with E-state index in [1.54, 1.807) is 0 Å². The van der Waals surface area contributed by atoms with E-state index in [9.17, 15) is 0 Å². The maximum absolute atomic E-state index is 4.48. The molecule has 0 radical (unpaired) electrons. The molecule has 0 atom stereocenters. The Bertz CT molecular complexity index is 351. The van der Waals surface area contributed by atoms with Gasteiger partial charge in [-0.1, -0.05) is 13.8 Å². The van der Waals surface area contributed by atoms with Gasteiger partial charge >= 0.3 is 0 Å². The molecule has 18 heavy (non-hydrogen) atoms. The summed E-state index contributed by atoms with van der Waals surface area (Å²) in [5.41, 5.74) is 0. The molecule has 5 nitrogen and oxygen atoms in total. The number of hydrogen-bond donors (Lipinski definition) is 2. The van der Waals surface area contributed by atoms with Crippen molar-refractivity contribution in [2.45, 2.75) is 26.7 Å². The fraction of sp³-hybridized carbons (Fsp3) is 0.692. The van der Waals surface area contributed by atoms with Crippen molar-refractivity contribution < 1.29 is 0 Å². The molecular formula is C13H25N5. The summed E-state index contributed by atoms with van der Waals surface area (Å²) in [7, 11) is 4.13. The highest BCUT2D eigenvalue weighted by molar-refractivity contribution is 5.47. The topological polar surface area (TPSA) is 53.1 Å². The molecule has 2 N–H and O–H groups in total. The lowest BCUT2D eigenvalue weighted by Crippen LogP contribution is -2.21. The lowest BCUT2D eigenvalue weighted by molar-refractivity contribution is 0.425. The Balaban J connectivity index is 2.64. The Morgan fingerprint density at radius 1 is 1.06 bits per heavy atom. The Hall–Kier alpha value is -1.36. The molecular weight excluding hydrogens is 226 g/mol. The number of hydrogen-bond acceptors (Lipinski definition) is 5. The first-order valence-electron chi connectivity index (χ1n) is 6.66. The van der Waals surface area contributed by atoms with Gasteiger partial charge in [0.2, 0.25) is 0 Å². The molecule has 0 aromatic carbocycles. The van der Waals surface area contributed by atoms with E-state index >= 15 is 0 Å². The summed E-state index contributed by atoms with van der Waals surface area (Å²) < 4.78 is 0. The molecule has 1 rings (SSSR count). The van der Waals surface area contributed by atoms with E-state index in [1.807, 2.05) is 6.07 Å². The number of likely N-dealkylation sites (N-methyl/N-ethyl adjacent to an activating group) is 1. The lowest BCUT2D eigenvalue weighted by Gasteiger charge is -2.12. The van der Waals surface area contributed by atoms with Crippen LogP contribution in [0.2, 0.25) is 0 Å². The fourth-order valence-corrected chi connectivity index (χ4v) is 1.50. The van der Waals surface area contributed by atoms with Gasteiger partial charge in [-0.15, -0.1) is 0 Å². The second-order valence-corrected chi connectivity index (χ2v) is 4.57. The van der Waals surface area contributed by atoms with Crippen LogP contribution < -0.4 is 10.6 Å². The predicted molar refractivity (Wildman–Crippen MR) is 77.2 cm³/mol. The zero-order valence-electron chi connectivity index (χ0n) is 12.0. The van der Waals surface area contributed by atoms with Gasteiger partial charge in [-0.25, -0.2) is 9.97 Å². The van der Waals surface area contributed by atoms with Crippen molar-refractivity contribution in [3.63, 3.8) is 0 Å². The molecule has 1 aromatic heterocycles. The van der Waals surface area contributed by atoms with Crippen molar-refractivity contribution in [2.24, 2.45) is 0 Å². The molecule has 1 heterocycles. The number of anilines is 2. The van der Waals surface area contributed by atoms with Crippen molar-refractivity contribution >= 4 is 11.6 Å². The first-order valence-corrected chi connectivity index (χ1v) is 6.66. The third-order valence-corrected chi connectivity index (χ3v) is 2.51. The molecule has 0 bridgehead atoms. The third kappa shape index (κ3) is 5.31. The Kier molecular flexibility index (Phi) is 6.43. The molecule has 0 saturated carbocycles. The second-order valence-electron chi connectivity index (χ2n) is 4.57. The van der Waals surface area contributed by atoms with Gasteiger partial charge in [0.05, 0.1) is 0 Å². The van der Waals surface area contributed by atoms with Crippen LogP contribution in [0.1, 0.15) is 26.1 Å². The smallest absolute Gasteiger partial charge is 0.132 e. The van der Waals surface area contributed by atoms with Crippen molar-refractivity contribution in [3.05, 3.63) is 11.9 Å². The van der Waals surface area contributed by atoms with Crippen molar-refractivity contribution in [1.29, 1.82) is 0 Å². The molecule has 0 amide bonds. The van der Waals surface area contributed by atoms with E-state index in [4.69, 9.17) is 0 Å². The summed E-state index contributed by atoms with van der Waals surface area (Å²) in [4.78, 5) is 11.1. The zero-order valence-corrected chi connectivity index (χ0v) is 12.0. The van der Waals surface area contributed by atoms with Gasteiger partial charge < -0.3 is 15.5 Å². The number of nitrogens with zero attached hydrogens (tertiary/aromatic N) is 3. The van der Waals surface area contributed by atoms with Gasteiger partial charge in [-0.05, 0) is 20.5 Å². The molecule has 0 fully saturated rings. The van der Waals surface area contributed by atoms with Crippen LogP contribution in [0.25, 0.3) is 0 Å². The molecule has 102 valence electrons. The first kappa shape index (κ1) is 14.7. The minimum atomic E-state index is 0.851. The number of aryl methyl sites for hydroxylation is 1. The van der Waals surface area contributed by atoms with Crippen LogP contribution in [0.15, 0.2) is 6.07 Å². The maximum atomic E-state index is 4.48. The summed E-state index contributed by atoms with van der Waals surface area (Å²) in [6.07, 6.45) is 1.94. The summed E-state index contributed by atoms with van der Waals surface area (Å²) >= 11 is 0. The highest BCUT2D eigenvalue weighted by atomic mass is 15.1. The van der Waals surface area contributed by atoms with Gasteiger partial charge in [0, 0.05) is 32.1 Å². The molecule has 0 aliphatic rings. The minimum Gasteiger partial charge on any atom is -0.370 e. The molecule has 0 aliphatic heterocycles. The quantitative estimate of drug-likeness (QED) is 0.738. The summed E-state index contributed by atoms with van der Waals surface area (Å²) in [5, 5.41) is 6.64. The molecule has 0 unspecified atom stereocenters. The molecule has 1 aromatic rings. The number of nitrogens with one attached hydrogen (secondary N) is 2. The minimum absolute atomic E-state index is 0.851. The largest absolute Gasteiger partial charge is 0.370 e. The van der Waals surface area contributed by atoms with Gasteiger partial charge in [-0.3, -0.25) is 0 Å². The standard InChI is InChI=1S/C13H25N5/c1-5-7-14-12-10-13(15-8-9-18(3)4)17-11(6-2)16-12/h10H,5-9H2,1-4H3,(H2,14,15,16,17). The van der Waals surface area contributed by atoms with Crippen molar-refractivity contribution in [3.8, 4) is 0 Å². The fourth-order valence-electron chi connectivity index (χ4n) is 1.50. The molecule has 0 spiro atoms. The molecule has 0 saturated heterocycles. The zero-order chi connectivity index (χ0) is 13.4. The third-order valence-electron chi connectivity index (χ3n) is 2.51.